The van der Waals surface area contributed by atoms with Crippen molar-refractivity contribution in [1.29, 1.82) is 0 Å². The molecular formula is C15H20N2O2S. The molecule has 0 spiro atoms. The molecule has 0 amide bonds. The molecule has 0 aliphatic heterocycles. The average Bonchev–Trinajstić information content (AvgIpc) is 2.68. The molecule has 20 heavy (non-hydrogen) atoms. The normalized spacial score (nSPS) is 12.1. The van der Waals surface area contributed by atoms with Crippen LogP contribution in [0.4, 0.5) is 0 Å². The van der Waals surface area contributed by atoms with E-state index in [0.29, 0.717) is 11.4 Å². The van der Waals surface area contributed by atoms with Crippen molar-refractivity contribution >= 4 is 9.84 Å². The van der Waals surface area contributed by atoms with E-state index in [1.807, 2.05) is 36.7 Å². The number of hydrogen-bond acceptors (Lipinski definition) is 3. The Hall–Kier alpha value is -1.62. The Morgan fingerprint density at radius 3 is 2.20 bits per heavy atom. The number of aryl methyl sites for hydroxylation is 2. The van der Waals surface area contributed by atoms with Crippen LogP contribution in [-0.4, -0.2) is 23.4 Å². The van der Waals surface area contributed by atoms with Crippen LogP contribution in [0.1, 0.15) is 30.8 Å². The quantitative estimate of drug-likeness (QED) is 0.870. The summed E-state index contributed by atoms with van der Waals surface area (Å²) in [5.74, 6) is 0. The lowest BCUT2D eigenvalue weighted by Gasteiger charge is -2.09. The molecule has 0 saturated carbocycles. The van der Waals surface area contributed by atoms with Gasteiger partial charge in [-0.25, -0.2) is 8.42 Å². The molecule has 1 heterocycles. The number of benzene rings is 1. The van der Waals surface area contributed by atoms with Gasteiger partial charge in [-0.15, -0.1) is 0 Å². The van der Waals surface area contributed by atoms with Gasteiger partial charge >= 0.3 is 0 Å². The van der Waals surface area contributed by atoms with Crippen molar-refractivity contribution in [3.8, 4) is 0 Å². The molecule has 4 nitrogen and oxygen atoms in total. The fourth-order valence-corrected chi connectivity index (χ4v) is 3.12. The molecule has 0 fully saturated rings. The van der Waals surface area contributed by atoms with E-state index in [2.05, 4.69) is 5.10 Å². The number of hydrogen-bond donors (Lipinski definition) is 0. The van der Waals surface area contributed by atoms with E-state index in [1.165, 1.54) is 0 Å². The van der Waals surface area contributed by atoms with E-state index in [9.17, 15) is 8.42 Å². The minimum Gasteiger partial charge on any atom is -0.265 e. The van der Waals surface area contributed by atoms with Gasteiger partial charge in [-0.2, -0.15) is 5.10 Å². The van der Waals surface area contributed by atoms with Gasteiger partial charge in [0.05, 0.1) is 22.4 Å². The largest absolute Gasteiger partial charge is 0.265 e. The summed E-state index contributed by atoms with van der Waals surface area (Å²) in [6.07, 6.45) is 0. The minimum atomic E-state index is -3.19. The first-order chi connectivity index (χ1) is 9.30. The lowest BCUT2D eigenvalue weighted by atomic mass is 10.2. The van der Waals surface area contributed by atoms with Crippen LogP contribution in [0.5, 0.6) is 0 Å². The monoisotopic (exact) mass is 292 g/mol. The second kappa shape index (κ2) is 5.40. The fourth-order valence-electron chi connectivity index (χ4n) is 2.06. The van der Waals surface area contributed by atoms with Gasteiger partial charge in [-0.05, 0) is 51.5 Å². The summed E-state index contributed by atoms with van der Waals surface area (Å²) in [6.45, 7) is 8.01. The molecule has 108 valence electrons. The van der Waals surface area contributed by atoms with Crippen LogP contribution in [0, 0.1) is 13.8 Å². The Bertz CT molecular complexity index is 698. The van der Waals surface area contributed by atoms with Crippen molar-refractivity contribution in [2.75, 3.05) is 0 Å². The second-order valence-corrected chi connectivity index (χ2v) is 7.83. The van der Waals surface area contributed by atoms with Crippen LogP contribution in [0.3, 0.4) is 0 Å². The van der Waals surface area contributed by atoms with Crippen LogP contribution in [0.2, 0.25) is 0 Å². The molecule has 0 unspecified atom stereocenters. The molecule has 0 radical (unpaired) electrons. The highest BCUT2D eigenvalue weighted by Crippen LogP contribution is 2.17. The van der Waals surface area contributed by atoms with Gasteiger partial charge in [0.25, 0.3) is 0 Å². The van der Waals surface area contributed by atoms with E-state index >= 15 is 0 Å². The smallest absolute Gasteiger partial charge is 0.180 e. The van der Waals surface area contributed by atoms with E-state index in [1.54, 1.807) is 26.0 Å². The number of rotatable bonds is 4. The number of sulfone groups is 1. The predicted octanol–water partition coefficient (Wildman–Crippen LogP) is 2.73. The first kappa shape index (κ1) is 14.8. The van der Waals surface area contributed by atoms with Crippen LogP contribution < -0.4 is 0 Å². The zero-order valence-electron chi connectivity index (χ0n) is 12.3. The summed E-state index contributed by atoms with van der Waals surface area (Å²) < 4.78 is 26.0. The summed E-state index contributed by atoms with van der Waals surface area (Å²) in [4.78, 5) is 0.379. The van der Waals surface area contributed by atoms with Crippen LogP contribution in [-0.2, 0) is 16.4 Å². The zero-order valence-corrected chi connectivity index (χ0v) is 13.1. The molecule has 2 rings (SSSR count). The highest BCUT2D eigenvalue weighted by molar-refractivity contribution is 7.92. The first-order valence-electron chi connectivity index (χ1n) is 6.64. The molecule has 1 aromatic heterocycles. The van der Waals surface area contributed by atoms with E-state index in [4.69, 9.17) is 0 Å². The Morgan fingerprint density at radius 2 is 1.75 bits per heavy atom. The average molecular weight is 292 g/mol. The maximum Gasteiger partial charge on any atom is 0.180 e. The van der Waals surface area contributed by atoms with Crippen molar-refractivity contribution < 1.29 is 8.42 Å². The summed E-state index contributed by atoms with van der Waals surface area (Å²) in [5, 5.41) is 4.00. The molecule has 0 bridgehead atoms. The van der Waals surface area contributed by atoms with Crippen LogP contribution >= 0.6 is 0 Å². The maximum atomic E-state index is 12.0. The summed E-state index contributed by atoms with van der Waals surface area (Å²) in [5.41, 5.74) is 3.13. The SMILES string of the molecule is Cc1cc(C)n(Cc2ccc(S(=O)(=O)C(C)C)cc2)n1. The van der Waals surface area contributed by atoms with Gasteiger partial charge in [0.1, 0.15) is 0 Å². The van der Waals surface area contributed by atoms with Gasteiger partial charge in [-0.3, -0.25) is 4.68 Å². The van der Waals surface area contributed by atoms with E-state index < -0.39 is 15.1 Å². The Morgan fingerprint density at radius 1 is 1.15 bits per heavy atom. The lowest BCUT2D eigenvalue weighted by Crippen LogP contribution is -2.14. The third-order valence-corrected chi connectivity index (χ3v) is 5.48. The van der Waals surface area contributed by atoms with Crippen molar-refractivity contribution in [2.45, 2.75) is 44.4 Å². The standard InChI is InChI=1S/C15H20N2O2S/c1-11(2)20(18,19)15-7-5-14(6-8-15)10-17-13(4)9-12(3)16-17/h5-9,11H,10H2,1-4H3. The third-order valence-electron chi connectivity index (χ3n) is 3.31. The molecule has 1 aromatic carbocycles. The zero-order chi connectivity index (χ0) is 14.9. The lowest BCUT2D eigenvalue weighted by molar-refractivity contribution is 0.587. The van der Waals surface area contributed by atoms with Gasteiger partial charge in [0.15, 0.2) is 9.84 Å². The van der Waals surface area contributed by atoms with Gasteiger partial charge < -0.3 is 0 Å². The highest BCUT2D eigenvalue weighted by Gasteiger charge is 2.18. The van der Waals surface area contributed by atoms with Crippen molar-refractivity contribution in [3.63, 3.8) is 0 Å². The van der Waals surface area contributed by atoms with E-state index in [0.717, 1.165) is 17.0 Å². The Balaban J connectivity index is 2.23. The molecule has 0 aliphatic carbocycles. The number of nitrogens with zero attached hydrogens (tertiary/aromatic N) is 2. The predicted molar refractivity (Wildman–Crippen MR) is 79.6 cm³/mol. The van der Waals surface area contributed by atoms with Crippen molar-refractivity contribution in [1.82, 2.24) is 9.78 Å². The maximum absolute atomic E-state index is 12.0. The molecule has 0 atom stereocenters. The second-order valence-electron chi connectivity index (χ2n) is 5.32. The van der Waals surface area contributed by atoms with Crippen molar-refractivity contribution in [3.05, 3.63) is 47.3 Å². The summed E-state index contributed by atoms with van der Waals surface area (Å²) in [6, 6.07) is 9.09. The molecule has 0 aliphatic rings. The van der Waals surface area contributed by atoms with Gasteiger partial charge in [0.2, 0.25) is 0 Å². The fraction of sp³-hybridized carbons (Fsp3) is 0.400. The van der Waals surface area contributed by atoms with Gasteiger partial charge in [-0.1, -0.05) is 12.1 Å². The Kier molecular flexibility index (Phi) is 3.99. The summed E-state index contributed by atoms with van der Waals surface area (Å²) >= 11 is 0. The minimum absolute atomic E-state index is 0.379. The number of aromatic nitrogens is 2. The Labute approximate surface area is 120 Å². The first-order valence-corrected chi connectivity index (χ1v) is 8.19. The molecule has 0 saturated heterocycles. The molecule has 5 heteroatoms. The van der Waals surface area contributed by atoms with E-state index in [-0.39, 0.29) is 0 Å². The topological polar surface area (TPSA) is 52.0 Å². The molecule has 0 N–H and O–H groups in total. The molecule has 2 aromatic rings. The third kappa shape index (κ3) is 2.93. The highest BCUT2D eigenvalue weighted by atomic mass is 32.2. The van der Waals surface area contributed by atoms with Crippen LogP contribution in [0.15, 0.2) is 35.2 Å². The van der Waals surface area contributed by atoms with Gasteiger partial charge in [0, 0.05) is 5.69 Å². The summed E-state index contributed by atoms with van der Waals surface area (Å²) in [7, 11) is -3.19. The molecular weight excluding hydrogens is 272 g/mol. The van der Waals surface area contributed by atoms with Crippen molar-refractivity contribution in [2.24, 2.45) is 0 Å². The van der Waals surface area contributed by atoms with Crippen LogP contribution in [0.25, 0.3) is 0 Å².